The molecule has 2 aromatic rings. The molecular formula is C17H17F2N3O3. The highest BCUT2D eigenvalue weighted by molar-refractivity contribution is 5.86. The van der Waals surface area contributed by atoms with Gasteiger partial charge in [-0.1, -0.05) is 30.3 Å². The standard InChI is InChI=1S/C17H17F2N3O3/c18-13-7-6-12(10-14(13)19)25-9-8-21-17(24)22-15(16(20)23)11-4-2-1-3-5-11/h1-7,10,15H,8-9H2,(H2,20,23)(H2,21,22,24)/t15-/m1/s1. The van der Waals surface area contributed by atoms with Crippen LogP contribution in [0.1, 0.15) is 11.6 Å². The summed E-state index contributed by atoms with van der Waals surface area (Å²) >= 11 is 0. The van der Waals surface area contributed by atoms with Gasteiger partial charge in [0.2, 0.25) is 5.91 Å². The van der Waals surface area contributed by atoms with Crippen molar-refractivity contribution in [1.29, 1.82) is 0 Å². The summed E-state index contributed by atoms with van der Waals surface area (Å²) < 4.78 is 31.0. The first-order valence-electron chi connectivity index (χ1n) is 7.44. The predicted molar refractivity (Wildman–Crippen MR) is 86.8 cm³/mol. The number of hydrogen-bond acceptors (Lipinski definition) is 3. The van der Waals surface area contributed by atoms with Gasteiger partial charge in [0.25, 0.3) is 0 Å². The Balaban J connectivity index is 1.79. The zero-order valence-corrected chi connectivity index (χ0v) is 13.2. The van der Waals surface area contributed by atoms with Gasteiger partial charge in [-0.25, -0.2) is 13.6 Å². The van der Waals surface area contributed by atoms with Crippen molar-refractivity contribution in [3.05, 3.63) is 65.7 Å². The van der Waals surface area contributed by atoms with Gasteiger partial charge < -0.3 is 21.1 Å². The first-order valence-corrected chi connectivity index (χ1v) is 7.44. The summed E-state index contributed by atoms with van der Waals surface area (Å²) in [7, 11) is 0. The van der Waals surface area contributed by atoms with E-state index in [2.05, 4.69) is 10.6 Å². The van der Waals surface area contributed by atoms with Crippen LogP contribution >= 0.6 is 0 Å². The Kier molecular flexibility index (Phi) is 6.27. The third-order valence-electron chi connectivity index (χ3n) is 3.24. The van der Waals surface area contributed by atoms with Gasteiger partial charge in [-0.05, 0) is 17.7 Å². The Morgan fingerprint density at radius 1 is 1.08 bits per heavy atom. The molecule has 0 bridgehead atoms. The summed E-state index contributed by atoms with van der Waals surface area (Å²) in [5.74, 6) is -2.54. The van der Waals surface area contributed by atoms with E-state index in [9.17, 15) is 18.4 Å². The van der Waals surface area contributed by atoms with E-state index in [1.165, 1.54) is 6.07 Å². The number of urea groups is 1. The fraction of sp³-hybridized carbons (Fsp3) is 0.176. The largest absolute Gasteiger partial charge is 0.492 e. The number of benzene rings is 2. The minimum atomic E-state index is -1.02. The molecule has 132 valence electrons. The van der Waals surface area contributed by atoms with Crippen LogP contribution in [0.2, 0.25) is 0 Å². The van der Waals surface area contributed by atoms with E-state index in [0.29, 0.717) is 5.56 Å². The van der Waals surface area contributed by atoms with Gasteiger partial charge in [0.05, 0.1) is 6.54 Å². The van der Waals surface area contributed by atoms with E-state index in [1.54, 1.807) is 30.3 Å². The number of nitrogens with two attached hydrogens (primary N) is 1. The molecule has 0 fully saturated rings. The number of amides is 3. The monoisotopic (exact) mass is 349 g/mol. The summed E-state index contributed by atoms with van der Waals surface area (Å²) in [6, 6.07) is 10.1. The molecule has 1 atom stereocenters. The SMILES string of the molecule is NC(=O)[C@H](NC(=O)NCCOc1ccc(F)c(F)c1)c1ccccc1. The van der Waals surface area contributed by atoms with Crippen molar-refractivity contribution in [2.45, 2.75) is 6.04 Å². The summed E-state index contributed by atoms with van der Waals surface area (Å²) in [4.78, 5) is 23.3. The number of carbonyl (C=O) groups excluding carboxylic acids is 2. The molecule has 25 heavy (non-hydrogen) atoms. The van der Waals surface area contributed by atoms with Crippen molar-refractivity contribution >= 4 is 11.9 Å². The van der Waals surface area contributed by atoms with Gasteiger partial charge in [0.15, 0.2) is 11.6 Å². The molecule has 0 aromatic heterocycles. The van der Waals surface area contributed by atoms with Crippen molar-refractivity contribution < 1.29 is 23.1 Å². The second kappa shape index (κ2) is 8.62. The highest BCUT2D eigenvalue weighted by Crippen LogP contribution is 2.15. The second-order valence-electron chi connectivity index (χ2n) is 5.07. The van der Waals surface area contributed by atoms with E-state index < -0.39 is 29.6 Å². The van der Waals surface area contributed by atoms with Crippen LogP contribution in [0.5, 0.6) is 5.75 Å². The lowest BCUT2D eigenvalue weighted by atomic mass is 10.1. The van der Waals surface area contributed by atoms with Crippen molar-refractivity contribution in [2.24, 2.45) is 5.73 Å². The highest BCUT2D eigenvalue weighted by Gasteiger charge is 2.19. The Morgan fingerprint density at radius 3 is 2.44 bits per heavy atom. The molecule has 3 amide bonds. The number of hydrogen-bond donors (Lipinski definition) is 3. The van der Waals surface area contributed by atoms with Gasteiger partial charge in [0.1, 0.15) is 18.4 Å². The Morgan fingerprint density at radius 2 is 1.80 bits per heavy atom. The van der Waals surface area contributed by atoms with Crippen LogP contribution in [0.25, 0.3) is 0 Å². The molecule has 0 unspecified atom stereocenters. The summed E-state index contributed by atoms with van der Waals surface area (Å²) in [6.45, 7) is 0.121. The summed E-state index contributed by atoms with van der Waals surface area (Å²) in [5.41, 5.74) is 5.86. The minimum absolute atomic E-state index is 0.0328. The van der Waals surface area contributed by atoms with Gasteiger partial charge in [0, 0.05) is 6.07 Å². The van der Waals surface area contributed by atoms with Crippen molar-refractivity contribution in [2.75, 3.05) is 13.2 Å². The predicted octanol–water partition coefficient (Wildman–Crippen LogP) is 1.87. The molecule has 2 aromatic carbocycles. The quantitative estimate of drug-likeness (QED) is 0.666. The van der Waals surface area contributed by atoms with E-state index in [-0.39, 0.29) is 18.9 Å². The zero-order valence-electron chi connectivity index (χ0n) is 13.2. The maximum atomic E-state index is 13.0. The summed E-state index contributed by atoms with van der Waals surface area (Å²) in [5, 5.41) is 4.94. The number of carbonyl (C=O) groups is 2. The number of primary amides is 1. The maximum Gasteiger partial charge on any atom is 0.315 e. The normalized spacial score (nSPS) is 11.4. The first kappa shape index (κ1) is 18.2. The lowest BCUT2D eigenvalue weighted by molar-refractivity contribution is -0.119. The van der Waals surface area contributed by atoms with Crippen molar-refractivity contribution in [3.8, 4) is 5.75 Å². The number of nitrogens with one attached hydrogen (secondary N) is 2. The molecule has 0 aliphatic heterocycles. The maximum absolute atomic E-state index is 13.0. The third-order valence-corrected chi connectivity index (χ3v) is 3.24. The van der Waals surface area contributed by atoms with E-state index >= 15 is 0 Å². The van der Waals surface area contributed by atoms with Crippen LogP contribution < -0.4 is 21.1 Å². The number of ether oxygens (including phenoxy) is 1. The van der Waals surface area contributed by atoms with Crippen LogP contribution in [0.15, 0.2) is 48.5 Å². The second-order valence-corrected chi connectivity index (χ2v) is 5.07. The third kappa shape index (κ3) is 5.45. The average molecular weight is 349 g/mol. The average Bonchev–Trinajstić information content (AvgIpc) is 2.60. The minimum Gasteiger partial charge on any atom is -0.492 e. The molecule has 6 nitrogen and oxygen atoms in total. The molecule has 0 spiro atoms. The molecule has 0 saturated carbocycles. The fourth-order valence-electron chi connectivity index (χ4n) is 2.05. The first-order chi connectivity index (χ1) is 12.0. The van der Waals surface area contributed by atoms with Crippen LogP contribution in [0.4, 0.5) is 13.6 Å². The van der Waals surface area contributed by atoms with E-state index in [0.717, 1.165) is 12.1 Å². The molecule has 0 aliphatic rings. The van der Waals surface area contributed by atoms with Crippen LogP contribution in [-0.4, -0.2) is 25.1 Å². The lowest BCUT2D eigenvalue weighted by Gasteiger charge is -2.16. The molecule has 0 radical (unpaired) electrons. The molecular weight excluding hydrogens is 332 g/mol. The van der Waals surface area contributed by atoms with Crippen molar-refractivity contribution in [1.82, 2.24) is 10.6 Å². The molecule has 0 aliphatic carbocycles. The van der Waals surface area contributed by atoms with Crippen LogP contribution in [-0.2, 0) is 4.79 Å². The Hall–Kier alpha value is -3.16. The highest BCUT2D eigenvalue weighted by atomic mass is 19.2. The molecule has 8 heteroatoms. The van der Waals surface area contributed by atoms with Gasteiger partial charge in [-0.15, -0.1) is 0 Å². The van der Waals surface area contributed by atoms with Crippen molar-refractivity contribution in [3.63, 3.8) is 0 Å². The van der Waals surface area contributed by atoms with Gasteiger partial charge in [-0.3, -0.25) is 4.79 Å². The van der Waals surface area contributed by atoms with E-state index in [4.69, 9.17) is 10.5 Å². The van der Waals surface area contributed by atoms with Gasteiger partial charge in [-0.2, -0.15) is 0 Å². The Bertz CT molecular complexity index is 741. The molecule has 4 N–H and O–H groups in total. The van der Waals surface area contributed by atoms with Gasteiger partial charge >= 0.3 is 6.03 Å². The fourth-order valence-corrected chi connectivity index (χ4v) is 2.05. The molecule has 2 rings (SSSR count). The smallest absolute Gasteiger partial charge is 0.315 e. The van der Waals surface area contributed by atoms with Crippen LogP contribution in [0, 0.1) is 11.6 Å². The van der Waals surface area contributed by atoms with Crippen LogP contribution in [0.3, 0.4) is 0 Å². The van der Waals surface area contributed by atoms with E-state index in [1.807, 2.05) is 0 Å². The topological polar surface area (TPSA) is 93.5 Å². The number of halogens is 2. The lowest BCUT2D eigenvalue weighted by Crippen LogP contribution is -2.44. The molecule has 0 saturated heterocycles. The molecule has 0 heterocycles. The Labute approximate surface area is 143 Å². The summed E-state index contributed by atoms with van der Waals surface area (Å²) in [6.07, 6.45) is 0. The zero-order chi connectivity index (χ0) is 18.2. The number of rotatable bonds is 7.